The summed E-state index contributed by atoms with van der Waals surface area (Å²) in [6.07, 6.45) is 3.47. The van der Waals surface area contributed by atoms with Gasteiger partial charge in [-0.15, -0.1) is 0 Å². The molecule has 1 N–H and O–H groups in total. The van der Waals surface area contributed by atoms with Gasteiger partial charge >= 0.3 is 0 Å². The molecule has 18 heavy (non-hydrogen) atoms. The van der Waals surface area contributed by atoms with Crippen molar-refractivity contribution in [1.82, 2.24) is 4.98 Å². The zero-order chi connectivity index (χ0) is 13.1. The highest BCUT2D eigenvalue weighted by molar-refractivity contribution is 9.11. The first-order chi connectivity index (χ1) is 8.56. The molecular weight excluding hydrogens is 426 g/mol. The largest absolute Gasteiger partial charge is 0.388 e. The maximum Gasteiger partial charge on any atom is 0.0841 e. The summed E-state index contributed by atoms with van der Waals surface area (Å²) < 4.78 is 2.80. The van der Waals surface area contributed by atoms with E-state index >= 15 is 0 Å². The van der Waals surface area contributed by atoms with Gasteiger partial charge < -0.3 is 5.11 Å². The van der Waals surface area contributed by atoms with Gasteiger partial charge in [-0.3, -0.25) is 4.98 Å². The van der Waals surface area contributed by atoms with E-state index in [1.807, 2.05) is 24.3 Å². The third-order valence-electron chi connectivity index (χ3n) is 2.51. The molecule has 94 valence electrons. The molecule has 1 unspecified atom stereocenters. The summed E-state index contributed by atoms with van der Waals surface area (Å²) in [6, 6.07) is 7.72. The van der Waals surface area contributed by atoms with Gasteiger partial charge in [-0.1, -0.05) is 37.9 Å². The summed E-state index contributed by atoms with van der Waals surface area (Å²) in [5.74, 6) is 0. The Labute approximate surface area is 131 Å². The van der Waals surface area contributed by atoms with Crippen LogP contribution in [0.3, 0.4) is 0 Å². The van der Waals surface area contributed by atoms with E-state index in [9.17, 15) is 5.11 Å². The summed E-state index contributed by atoms with van der Waals surface area (Å²) in [4.78, 5) is 4.09. The lowest BCUT2D eigenvalue weighted by molar-refractivity contribution is 0.177. The van der Waals surface area contributed by atoms with Crippen LogP contribution in [0.5, 0.6) is 0 Å². The molecule has 1 atom stereocenters. The van der Waals surface area contributed by atoms with Crippen molar-refractivity contribution in [3.05, 3.63) is 61.2 Å². The second-order valence-corrected chi connectivity index (χ2v) is 6.58. The second kappa shape index (κ2) is 6.28. The quantitative estimate of drug-likeness (QED) is 0.761. The molecule has 0 amide bonds. The number of hydrogen-bond donors (Lipinski definition) is 1. The van der Waals surface area contributed by atoms with Crippen LogP contribution in [0.1, 0.15) is 17.2 Å². The summed E-state index contributed by atoms with van der Waals surface area (Å²) in [5, 5.41) is 10.2. The highest BCUT2D eigenvalue weighted by Gasteiger charge is 2.12. The summed E-state index contributed by atoms with van der Waals surface area (Å²) >= 11 is 10.2. The Morgan fingerprint density at radius 2 is 1.83 bits per heavy atom. The van der Waals surface area contributed by atoms with E-state index in [1.165, 1.54) is 0 Å². The third-order valence-corrected chi connectivity index (χ3v) is 4.13. The van der Waals surface area contributed by atoms with E-state index in [0.29, 0.717) is 6.42 Å². The standard InChI is InChI=1S/C13H10Br3NO/c14-9-1-2-11(12(16)5-9)13(18)4-8-3-10(15)7-17-6-8/h1-3,5-7,13,18H,4H2. The number of aromatic nitrogens is 1. The molecule has 1 aromatic heterocycles. The summed E-state index contributed by atoms with van der Waals surface area (Å²) in [5.41, 5.74) is 1.87. The van der Waals surface area contributed by atoms with Crippen molar-refractivity contribution in [3.63, 3.8) is 0 Å². The molecule has 2 rings (SSSR count). The third kappa shape index (κ3) is 3.63. The smallest absolute Gasteiger partial charge is 0.0841 e. The zero-order valence-corrected chi connectivity index (χ0v) is 14.0. The normalized spacial score (nSPS) is 12.4. The summed E-state index contributed by atoms with van der Waals surface area (Å²) in [6.45, 7) is 0. The molecule has 0 saturated heterocycles. The molecule has 1 aromatic carbocycles. The van der Waals surface area contributed by atoms with Crippen LogP contribution in [0.25, 0.3) is 0 Å². The number of hydrogen-bond acceptors (Lipinski definition) is 2. The van der Waals surface area contributed by atoms with Crippen LogP contribution < -0.4 is 0 Å². The van der Waals surface area contributed by atoms with Crippen molar-refractivity contribution in [2.24, 2.45) is 0 Å². The van der Waals surface area contributed by atoms with Crippen molar-refractivity contribution >= 4 is 47.8 Å². The fourth-order valence-electron chi connectivity index (χ4n) is 1.67. The van der Waals surface area contributed by atoms with Crippen LogP contribution in [0.15, 0.2) is 50.1 Å². The predicted molar refractivity (Wildman–Crippen MR) is 82.4 cm³/mol. The van der Waals surface area contributed by atoms with E-state index < -0.39 is 6.10 Å². The molecule has 1 heterocycles. The van der Waals surface area contributed by atoms with Gasteiger partial charge in [-0.2, -0.15) is 0 Å². The molecule has 0 bridgehead atoms. The van der Waals surface area contributed by atoms with Gasteiger partial charge in [0, 0.05) is 32.2 Å². The van der Waals surface area contributed by atoms with Crippen LogP contribution in [-0.2, 0) is 6.42 Å². The average Bonchev–Trinajstić information content (AvgIpc) is 2.28. The number of rotatable bonds is 3. The van der Waals surface area contributed by atoms with Gasteiger partial charge in [0.1, 0.15) is 0 Å². The minimum Gasteiger partial charge on any atom is -0.388 e. The lowest BCUT2D eigenvalue weighted by atomic mass is 10.0. The first-order valence-corrected chi connectivity index (χ1v) is 7.66. The minimum absolute atomic E-state index is 0.534. The fourth-order valence-corrected chi connectivity index (χ4v) is 3.40. The Morgan fingerprint density at radius 1 is 1.06 bits per heavy atom. The Hall–Kier alpha value is -0.230. The van der Waals surface area contributed by atoms with Crippen molar-refractivity contribution in [3.8, 4) is 0 Å². The van der Waals surface area contributed by atoms with Crippen LogP contribution in [0.2, 0.25) is 0 Å². The Bertz CT molecular complexity index is 560. The first kappa shape index (κ1) is 14.2. The molecule has 0 aliphatic carbocycles. The van der Waals surface area contributed by atoms with Gasteiger partial charge in [0.05, 0.1) is 6.10 Å². The molecule has 0 saturated carbocycles. The van der Waals surface area contributed by atoms with Gasteiger partial charge in [-0.25, -0.2) is 0 Å². The van der Waals surface area contributed by atoms with Gasteiger partial charge in [-0.05, 0) is 45.3 Å². The lowest BCUT2D eigenvalue weighted by Gasteiger charge is -2.13. The minimum atomic E-state index is -0.552. The Balaban J connectivity index is 2.19. The molecule has 2 aromatic rings. The highest BCUT2D eigenvalue weighted by atomic mass is 79.9. The fraction of sp³-hybridized carbons (Fsp3) is 0.154. The van der Waals surface area contributed by atoms with E-state index in [1.54, 1.807) is 12.4 Å². The number of halogens is 3. The molecule has 5 heteroatoms. The van der Waals surface area contributed by atoms with Crippen molar-refractivity contribution in [2.75, 3.05) is 0 Å². The number of nitrogens with zero attached hydrogens (tertiary/aromatic N) is 1. The molecule has 0 spiro atoms. The SMILES string of the molecule is OC(Cc1cncc(Br)c1)c1ccc(Br)cc1Br. The molecule has 0 aliphatic rings. The number of aliphatic hydroxyl groups is 1. The van der Waals surface area contributed by atoms with Crippen molar-refractivity contribution in [2.45, 2.75) is 12.5 Å². The molecule has 0 radical (unpaired) electrons. The molecule has 0 aliphatic heterocycles. The van der Waals surface area contributed by atoms with Crippen LogP contribution >= 0.6 is 47.8 Å². The van der Waals surface area contributed by atoms with Crippen molar-refractivity contribution < 1.29 is 5.11 Å². The number of benzene rings is 1. The lowest BCUT2D eigenvalue weighted by Crippen LogP contribution is -2.03. The van der Waals surface area contributed by atoms with Gasteiger partial charge in [0.25, 0.3) is 0 Å². The monoisotopic (exact) mass is 433 g/mol. The zero-order valence-electron chi connectivity index (χ0n) is 9.28. The molecular formula is C13H10Br3NO. The van der Waals surface area contributed by atoms with Gasteiger partial charge in [0.2, 0.25) is 0 Å². The van der Waals surface area contributed by atoms with Crippen molar-refractivity contribution in [1.29, 1.82) is 0 Å². The Morgan fingerprint density at radius 3 is 2.50 bits per heavy atom. The van der Waals surface area contributed by atoms with Crippen LogP contribution in [0.4, 0.5) is 0 Å². The van der Waals surface area contributed by atoms with E-state index in [4.69, 9.17) is 0 Å². The second-order valence-electron chi connectivity index (χ2n) is 3.90. The van der Waals surface area contributed by atoms with Crippen LogP contribution in [0, 0.1) is 0 Å². The van der Waals surface area contributed by atoms with E-state index in [0.717, 1.165) is 24.5 Å². The summed E-state index contributed by atoms with van der Waals surface area (Å²) in [7, 11) is 0. The molecule has 0 fully saturated rings. The average molecular weight is 436 g/mol. The maximum absolute atomic E-state index is 10.2. The topological polar surface area (TPSA) is 33.1 Å². The van der Waals surface area contributed by atoms with Crippen LogP contribution in [-0.4, -0.2) is 10.1 Å². The van der Waals surface area contributed by atoms with Gasteiger partial charge in [0.15, 0.2) is 0 Å². The highest BCUT2D eigenvalue weighted by Crippen LogP contribution is 2.29. The Kier molecular flexibility index (Phi) is 4.95. The van der Waals surface area contributed by atoms with E-state index in [2.05, 4.69) is 52.8 Å². The maximum atomic E-state index is 10.2. The van der Waals surface area contributed by atoms with E-state index in [-0.39, 0.29) is 0 Å². The first-order valence-electron chi connectivity index (χ1n) is 5.28. The number of aliphatic hydroxyl groups excluding tert-OH is 1. The predicted octanol–water partition coefficient (Wildman–Crippen LogP) is 4.65. The molecule has 2 nitrogen and oxygen atoms in total. The number of pyridine rings is 1.